The summed E-state index contributed by atoms with van der Waals surface area (Å²) in [6.45, 7) is 3.33. The number of rotatable bonds is 4. The zero-order valence-corrected chi connectivity index (χ0v) is 10.7. The fourth-order valence-corrected chi connectivity index (χ4v) is 2.05. The standard InChI is InChI=1S/C15H19NO2/c1-2-18-15(17)13-8-5-12(6-9-13)7-10-14-4-3-11-16-14/h5-10,14,16H,2-4,11H2,1H3/b10-7+. The molecule has 0 amide bonds. The minimum absolute atomic E-state index is 0.259. The molecule has 1 fully saturated rings. The van der Waals surface area contributed by atoms with Crippen molar-refractivity contribution >= 4 is 12.0 Å². The topological polar surface area (TPSA) is 38.3 Å². The maximum atomic E-state index is 11.5. The number of hydrogen-bond acceptors (Lipinski definition) is 3. The summed E-state index contributed by atoms with van der Waals surface area (Å²) in [5.41, 5.74) is 1.71. The number of carbonyl (C=O) groups excluding carboxylic acids is 1. The van der Waals surface area contributed by atoms with Crippen LogP contribution >= 0.6 is 0 Å². The Morgan fingerprint density at radius 1 is 1.44 bits per heavy atom. The highest BCUT2D eigenvalue weighted by Gasteiger charge is 2.09. The van der Waals surface area contributed by atoms with Gasteiger partial charge in [0.25, 0.3) is 0 Å². The van der Waals surface area contributed by atoms with Crippen molar-refractivity contribution in [3.05, 3.63) is 41.5 Å². The van der Waals surface area contributed by atoms with Crippen LogP contribution in [0.5, 0.6) is 0 Å². The first-order valence-electron chi connectivity index (χ1n) is 6.48. The molecule has 18 heavy (non-hydrogen) atoms. The second kappa shape index (κ2) is 6.36. The van der Waals surface area contributed by atoms with Gasteiger partial charge in [-0.2, -0.15) is 0 Å². The maximum Gasteiger partial charge on any atom is 0.338 e. The highest BCUT2D eigenvalue weighted by atomic mass is 16.5. The molecule has 1 aliphatic rings. The van der Waals surface area contributed by atoms with Crippen LogP contribution in [-0.2, 0) is 4.74 Å². The van der Waals surface area contributed by atoms with E-state index in [2.05, 4.69) is 17.5 Å². The fraction of sp³-hybridized carbons (Fsp3) is 0.400. The molecule has 1 aromatic rings. The first kappa shape index (κ1) is 12.8. The predicted octanol–water partition coefficient (Wildman–Crippen LogP) is 2.63. The van der Waals surface area contributed by atoms with Crippen molar-refractivity contribution in [2.45, 2.75) is 25.8 Å². The Balaban J connectivity index is 1.96. The van der Waals surface area contributed by atoms with Crippen LogP contribution in [0.25, 0.3) is 6.08 Å². The normalized spacial score (nSPS) is 19.3. The molecule has 1 aromatic carbocycles. The summed E-state index contributed by atoms with van der Waals surface area (Å²) >= 11 is 0. The lowest BCUT2D eigenvalue weighted by atomic mass is 10.1. The van der Waals surface area contributed by atoms with Crippen LogP contribution in [0.2, 0.25) is 0 Å². The molecule has 1 N–H and O–H groups in total. The first-order chi connectivity index (χ1) is 8.79. The van der Waals surface area contributed by atoms with E-state index in [1.165, 1.54) is 12.8 Å². The van der Waals surface area contributed by atoms with E-state index in [4.69, 9.17) is 4.74 Å². The Hall–Kier alpha value is -1.61. The van der Waals surface area contributed by atoms with Gasteiger partial charge in [-0.3, -0.25) is 0 Å². The molecule has 2 rings (SSSR count). The van der Waals surface area contributed by atoms with Gasteiger partial charge in [0.15, 0.2) is 0 Å². The van der Waals surface area contributed by atoms with Crippen molar-refractivity contribution in [3.8, 4) is 0 Å². The van der Waals surface area contributed by atoms with Gasteiger partial charge in [-0.1, -0.05) is 24.3 Å². The summed E-state index contributed by atoms with van der Waals surface area (Å²) in [5.74, 6) is -0.259. The van der Waals surface area contributed by atoms with Gasteiger partial charge in [0, 0.05) is 6.04 Å². The van der Waals surface area contributed by atoms with Crippen LogP contribution in [0.3, 0.4) is 0 Å². The highest BCUT2D eigenvalue weighted by molar-refractivity contribution is 5.89. The van der Waals surface area contributed by atoms with E-state index in [1.54, 1.807) is 12.1 Å². The molecule has 96 valence electrons. The molecular weight excluding hydrogens is 226 g/mol. The number of nitrogens with one attached hydrogen (secondary N) is 1. The van der Waals surface area contributed by atoms with E-state index in [9.17, 15) is 4.79 Å². The van der Waals surface area contributed by atoms with Crippen LogP contribution in [0.15, 0.2) is 30.3 Å². The molecule has 0 saturated carbocycles. The van der Waals surface area contributed by atoms with E-state index in [0.29, 0.717) is 18.2 Å². The van der Waals surface area contributed by atoms with Gasteiger partial charge in [-0.05, 0) is 44.0 Å². The average molecular weight is 245 g/mol. The zero-order valence-electron chi connectivity index (χ0n) is 10.7. The molecule has 1 atom stereocenters. The van der Waals surface area contributed by atoms with Gasteiger partial charge >= 0.3 is 5.97 Å². The second-order valence-electron chi connectivity index (χ2n) is 4.40. The number of hydrogen-bond donors (Lipinski definition) is 1. The largest absolute Gasteiger partial charge is 0.462 e. The third kappa shape index (κ3) is 3.44. The van der Waals surface area contributed by atoms with Gasteiger partial charge in [-0.25, -0.2) is 4.79 Å². The van der Waals surface area contributed by atoms with Gasteiger partial charge < -0.3 is 10.1 Å². The summed E-state index contributed by atoms with van der Waals surface area (Å²) in [6.07, 6.45) is 6.73. The molecule has 0 spiro atoms. The number of ether oxygens (including phenoxy) is 1. The van der Waals surface area contributed by atoms with E-state index in [1.807, 2.05) is 19.1 Å². The molecule has 0 bridgehead atoms. The summed E-state index contributed by atoms with van der Waals surface area (Å²) < 4.78 is 4.94. The first-order valence-corrected chi connectivity index (χ1v) is 6.48. The molecule has 0 aliphatic carbocycles. The van der Waals surface area contributed by atoms with Crippen molar-refractivity contribution in [3.63, 3.8) is 0 Å². The fourth-order valence-electron chi connectivity index (χ4n) is 2.05. The van der Waals surface area contributed by atoms with Crippen LogP contribution in [0.4, 0.5) is 0 Å². The van der Waals surface area contributed by atoms with Crippen LogP contribution in [0.1, 0.15) is 35.7 Å². The third-order valence-electron chi connectivity index (χ3n) is 3.04. The molecular formula is C15H19NO2. The van der Waals surface area contributed by atoms with E-state index in [0.717, 1.165) is 12.1 Å². The average Bonchev–Trinajstić information content (AvgIpc) is 2.90. The van der Waals surface area contributed by atoms with Gasteiger partial charge in [0.2, 0.25) is 0 Å². The molecule has 3 heteroatoms. The second-order valence-corrected chi connectivity index (χ2v) is 4.40. The van der Waals surface area contributed by atoms with E-state index >= 15 is 0 Å². The minimum Gasteiger partial charge on any atom is -0.462 e. The molecule has 0 aromatic heterocycles. The molecule has 1 aliphatic heterocycles. The lowest BCUT2D eigenvalue weighted by Crippen LogP contribution is -2.17. The lowest BCUT2D eigenvalue weighted by molar-refractivity contribution is 0.0526. The van der Waals surface area contributed by atoms with Crippen molar-refractivity contribution in [1.82, 2.24) is 5.32 Å². The monoisotopic (exact) mass is 245 g/mol. The Morgan fingerprint density at radius 2 is 2.22 bits per heavy atom. The Kier molecular flexibility index (Phi) is 4.53. The maximum absolute atomic E-state index is 11.5. The Labute approximate surface area is 108 Å². The minimum atomic E-state index is -0.259. The molecule has 3 nitrogen and oxygen atoms in total. The molecule has 1 heterocycles. The van der Waals surface area contributed by atoms with Gasteiger partial charge in [0.05, 0.1) is 12.2 Å². The summed E-state index contributed by atoms with van der Waals surface area (Å²) in [7, 11) is 0. The Bertz CT molecular complexity index is 417. The predicted molar refractivity (Wildman–Crippen MR) is 72.5 cm³/mol. The molecule has 0 radical (unpaired) electrons. The SMILES string of the molecule is CCOC(=O)c1ccc(/C=C/C2CCCN2)cc1. The van der Waals surface area contributed by atoms with Gasteiger partial charge in [-0.15, -0.1) is 0 Å². The van der Waals surface area contributed by atoms with Crippen LogP contribution in [0, 0.1) is 0 Å². The van der Waals surface area contributed by atoms with Crippen LogP contribution < -0.4 is 5.32 Å². The van der Waals surface area contributed by atoms with Crippen molar-refractivity contribution in [1.29, 1.82) is 0 Å². The lowest BCUT2D eigenvalue weighted by Gasteiger charge is -2.03. The van der Waals surface area contributed by atoms with E-state index in [-0.39, 0.29) is 5.97 Å². The third-order valence-corrected chi connectivity index (χ3v) is 3.04. The smallest absolute Gasteiger partial charge is 0.338 e. The van der Waals surface area contributed by atoms with Crippen LogP contribution in [-0.4, -0.2) is 25.2 Å². The number of carbonyl (C=O) groups is 1. The summed E-state index contributed by atoms with van der Waals surface area (Å²) in [5, 5.41) is 3.41. The highest BCUT2D eigenvalue weighted by Crippen LogP contribution is 2.11. The van der Waals surface area contributed by atoms with E-state index < -0.39 is 0 Å². The quantitative estimate of drug-likeness (QED) is 0.829. The summed E-state index contributed by atoms with van der Waals surface area (Å²) in [6, 6.07) is 7.99. The van der Waals surface area contributed by atoms with Crippen molar-refractivity contribution < 1.29 is 9.53 Å². The number of benzene rings is 1. The van der Waals surface area contributed by atoms with Gasteiger partial charge in [0.1, 0.15) is 0 Å². The molecule has 1 saturated heterocycles. The Morgan fingerprint density at radius 3 is 2.83 bits per heavy atom. The number of esters is 1. The zero-order chi connectivity index (χ0) is 12.8. The molecule has 1 unspecified atom stereocenters. The van der Waals surface area contributed by atoms with Crippen molar-refractivity contribution in [2.75, 3.05) is 13.2 Å². The summed E-state index contributed by atoms with van der Waals surface area (Å²) in [4.78, 5) is 11.5. The van der Waals surface area contributed by atoms with Crippen molar-refractivity contribution in [2.24, 2.45) is 0 Å².